The summed E-state index contributed by atoms with van der Waals surface area (Å²) in [6.07, 6.45) is 6.80. The van der Waals surface area contributed by atoms with Crippen LogP contribution in [-0.4, -0.2) is 17.1 Å². The monoisotopic (exact) mass is 251 g/mol. The predicted octanol–water partition coefficient (Wildman–Crippen LogP) is 2.79. The Kier molecular flexibility index (Phi) is 2.16. The first kappa shape index (κ1) is 12.5. The fourth-order valence-corrected chi connectivity index (χ4v) is 6.98. The zero-order valence-corrected chi connectivity index (χ0v) is 11.8. The lowest BCUT2D eigenvalue weighted by molar-refractivity contribution is -0.196. The Morgan fingerprint density at radius 1 is 0.944 bits per heavy atom. The van der Waals surface area contributed by atoms with Crippen molar-refractivity contribution in [1.82, 2.24) is 0 Å². The van der Waals surface area contributed by atoms with E-state index >= 15 is 0 Å². The molecule has 18 heavy (non-hydrogen) atoms. The van der Waals surface area contributed by atoms with Crippen LogP contribution in [0.15, 0.2) is 0 Å². The fourth-order valence-electron chi connectivity index (χ4n) is 6.98. The molecule has 0 amide bonds. The van der Waals surface area contributed by atoms with E-state index in [2.05, 4.69) is 20.8 Å². The number of rotatable bonds is 2. The van der Waals surface area contributed by atoms with Crippen molar-refractivity contribution < 1.29 is 9.90 Å². The maximum Gasteiger partial charge on any atom is 0.321 e. The second-order valence-corrected chi connectivity index (χ2v) is 8.67. The maximum atomic E-state index is 11.4. The van der Waals surface area contributed by atoms with Crippen molar-refractivity contribution >= 4 is 5.97 Å². The highest BCUT2D eigenvalue weighted by Crippen LogP contribution is 2.74. The summed E-state index contributed by atoms with van der Waals surface area (Å²) in [5.74, 6) is -0.812. The molecule has 4 bridgehead atoms. The summed E-state index contributed by atoms with van der Waals surface area (Å²) in [4.78, 5) is 11.4. The van der Waals surface area contributed by atoms with Gasteiger partial charge in [-0.2, -0.15) is 0 Å². The van der Waals surface area contributed by atoms with Crippen LogP contribution < -0.4 is 5.73 Å². The normalized spacial score (nSPS) is 55.6. The molecule has 0 aromatic carbocycles. The molecule has 0 spiro atoms. The van der Waals surface area contributed by atoms with E-state index in [1.165, 1.54) is 19.3 Å². The molecule has 0 radical (unpaired) electrons. The van der Waals surface area contributed by atoms with E-state index in [1.807, 2.05) is 0 Å². The summed E-state index contributed by atoms with van der Waals surface area (Å²) in [5, 5.41) is 9.37. The van der Waals surface area contributed by atoms with Gasteiger partial charge >= 0.3 is 5.97 Å². The Morgan fingerprint density at radius 3 is 1.56 bits per heavy atom. The van der Waals surface area contributed by atoms with E-state index in [-0.39, 0.29) is 5.41 Å². The van der Waals surface area contributed by atoms with E-state index in [0.717, 1.165) is 19.3 Å². The molecule has 3 heteroatoms. The molecule has 4 aliphatic carbocycles. The molecule has 4 fully saturated rings. The highest BCUT2D eigenvalue weighted by atomic mass is 16.4. The van der Waals surface area contributed by atoms with Crippen LogP contribution in [0, 0.1) is 21.7 Å². The van der Waals surface area contributed by atoms with Crippen LogP contribution in [0.2, 0.25) is 0 Å². The Balaban J connectivity index is 2.06. The van der Waals surface area contributed by atoms with Gasteiger partial charge < -0.3 is 10.8 Å². The topological polar surface area (TPSA) is 63.3 Å². The quantitative estimate of drug-likeness (QED) is 0.793. The molecular weight excluding hydrogens is 226 g/mol. The molecule has 0 heterocycles. The Morgan fingerprint density at radius 2 is 1.28 bits per heavy atom. The SMILES string of the molecule is CC12CC3(C)CC(C)(C1)CC(C(N)C(=O)O)(C2)C3. The number of carboxylic acids is 1. The minimum atomic E-state index is -0.812. The summed E-state index contributed by atoms with van der Waals surface area (Å²) < 4.78 is 0. The van der Waals surface area contributed by atoms with E-state index in [1.54, 1.807) is 0 Å². The summed E-state index contributed by atoms with van der Waals surface area (Å²) in [6.45, 7) is 7.05. The van der Waals surface area contributed by atoms with Gasteiger partial charge in [-0.15, -0.1) is 0 Å². The molecular formula is C15H25NO2. The number of aliphatic carboxylic acids is 1. The average Bonchev–Trinajstić information content (AvgIpc) is 2.07. The van der Waals surface area contributed by atoms with Gasteiger partial charge in [-0.3, -0.25) is 4.79 Å². The molecule has 0 aliphatic heterocycles. The largest absolute Gasteiger partial charge is 0.480 e. The Bertz CT molecular complexity index is 363. The predicted molar refractivity (Wildman–Crippen MR) is 70.1 cm³/mol. The number of carboxylic acid groups (broad SMARTS) is 1. The fraction of sp³-hybridized carbons (Fsp3) is 0.933. The van der Waals surface area contributed by atoms with Crippen molar-refractivity contribution in [2.24, 2.45) is 27.4 Å². The van der Waals surface area contributed by atoms with E-state index in [4.69, 9.17) is 5.73 Å². The molecule has 1 unspecified atom stereocenters. The van der Waals surface area contributed by atoms with Gasteiger partial charge in [-0.25, -0.2) is 0 Å². The first-order chi connectivity index (χ1) is 8.10. The lowest BCUT2D eigenvalue weighted by Gasteiger charge is -2.69. The Hall–Kier alpha value is -0.570. The minimum absolute atomic E-state index is 0.154. The molecule has 102 valence electrons. The van der Waals surface area contributed by atoms with E-state index in [0.29, 0.717) is 16.2 Å². The van der Waals surface area contributed by atoms with E-state index < -0.39 is 12.0 Å². The maximum absolute atomic E-state index is 11.4. The number of carbonyl (C=O) groups is 1. The average molecular weight is 251 g/mol. The summed E-state index contributed by atoms with van der Waals surface area (Å²) >= 11 is 0. The molecule has 4 rings (SSSR count). The molecule has 1 atom stereocenters. The van der Waals surface area contributed by atoms with Crippen molar-refractivity contribution in [1.29, 1.82) is 0 Å². The van der Waals surface area contributed by atoms with Crippen molar-refractivity contribution in [3.05, 3.63) is 0 Å². The second-order valence-electron chi connectivity index (χ2n) is 8.67. The van der Waals surface area contributed by atoms with Gasteiger partial charge in [-0.05, 0) is 60.2 Å². The van der Waals surface area contributed by atoms with Crippen LogP contribution in [0.1, 0.15) is 59.3 Å². The molecule has 0 aromatic rings. The first-order valence-corrected chi connectivity index (χ1v) is 7.08. The van der Waals surface area contributed by atoms with Gasteiger partial charge in [0, 0.05) is 0 Å². The molecule has 4 aliphatic rings. The molecule has 0 aromatic heterocycles. The van der Waals surface area contributed by atoms with Crippen LogP contribution in [0.25, 0.3) is 0 Å². The second kappa shape index (κ2) is 3.12. The summed E-state index contributed by atoms with van der Waals surface area (Å²) in [7, 11) is 0. The van der Waals surface area contributed by atoms with Gasteiger partial charge in [0.2, 0.25) is 0 Å². The highest BCUT2D eigenvalue weighted by Gasteiger charge is 2.66. The third-order valence-electron chi connectivity index (χ3n) is 5.82. The highest BCUT2D eigenvalue weighted by molar-refractivity contribution is 5.74. The van der Waals surface area contributed by atoms with Crippen molar-refractivity contribution in [3.8, 4) is 0 Å². The molecule has 3 nitrogen and oxygen atoms in total. The lowest BCUT2D eigenvalue weighted by atomic mass is 9.35. The first-order valence-electron chi connectivity index (χ1n) is 7.08. The molecule has 0 saturated heterocycles. The number of hydrogen-bond acceptors (Lipinski definition) is 2. The van der Waals surface area contributed by atoms with Crippen molar-refractivity contribution in [3.63, 3.8) is 0 Å². The standard InChI is InChI=1S/C15H25NO2/c1-12-4-13(2)6-14(3,5-12)9-15(7-12,8-13)10(16)11(17)18/h10H,4-9,16H2,1-3H3,(H,17,18). The summed E-state index contributed by atoms with van der Waals surface area (Å²) in [5.41, 5.74) is 6.87. The molecule has 3 N–H and O–H groups in total. The van der Waals surface area contributed by atoms with Crippen LogP contribution >= 0.6 is 0 Å². The lowest BCUT2D eigenvalue weighted by Crippen LogP contribution is -2.65. The van der Waals surface area contributed by atoms with E-state index in [9.17, 15) is 9.90 Å². The number of nitrogens with two attached hydrogens (primary N) is 1. The van der Waals surface area contributed by atoms with Crippen LogP contribution in [0.5, 0.6) is 0 Å². The van der Waals surface area contributed by atoms with Gasteiger partial charge in [0.05, 0.1) is 0 Å². The van der Waals surface area contributed by atoms with Crippen LogP contribution in [-0.2, 0) is 4.79 Å². The van der Waals surface area contributed by atoms with Crippen LogP contribution in [0.3, 0.4) is 0 Å². The zero-order chi connectivity index (χ0) is 13.4. The third kappa shape index (κ3) is 1.56. The van der Waals surface area contributed by atoms with Crippen molar-refractivity contribution in [2.75, 3.05) is 0 Å². The van der Waals surface area contributed by atoms with Gasteiger partial charge in [0.25, 0.3) is 0 Å². The van der Waals surface area contributed by atoms with Gasteiger partial charge in [0.15, 0.2) is 0 Å². The smallest absolute Gasteiger partial charge is 0.321 e. The van der Waals surface area contributed by atoms with Crippen molar-refractivity contribution in [2.45, 2.75) is 65.3 Å². The zero-order valence-electron chi connectivity index (χ0n) is 11.8. The third-order valence-corrected chi connectivity index (χ3v) is 5.82. The van der Waals surface area contributed by atoms with Crippen LogP contribution in [0.4, 0.5) is 0 Å². The molecule has 4 saturated carbocycles. The van der Waals surface area contributed by atoms with Gasteiger partial charge in [-0.1, -0.05) is 20.8 Å². The summed E-state index contributed by atoms with van der Waals surface area (Å²) in [6, 6.07) is -0.684. The van der Waals surface area contributed by atoms with Gasteiger partial charge in [0.1, 0.15) is 6.04 Å². The minimum Gasteiger partial charge on any atom is -0.480 e. The Labute approximate surface area is 109 Å². The number of hydrogen-bond donors (Lipinski definition) is 2.